The van der Waals surface area contributed by atoms with Gasteiger partial charge in [-0.05, 0) is 18.2 Å². The highest BCUT2D eigenvalue weighted by Gasteiger charge is 2.31. The maximum absolute atomic E-state index is 12.8. The number of amides is 1. The van der Waals surface area contributed by atoms with E-state index in [-0.39, 0.29) is 37.5 Å². The lowest BCUT2D eigenvalue weighted by Crippen LogP contribution is -2.46. The number of alkyl halides is 3. The highest BCUT2D eigenvalue weighted by molar-refractivity contribution is 5.92. The van der Waals surface area contributed by atoms with E-state index in [1.807, 2.05) is 0 Å². The van der Waals surface area contributed by atoms with Gasteiger partial charge in [0.1, 0.15) is 0 Å². The second-order valence-corrected chi connectivity index (χ2v) is 5.94. The Hall–Kier alpha value is -2.95. The Bertz CT molecular complexity index is 852. The topological polar surface area (TPSA) is 97.6 Å². The van der Waals surface area contributed by atoms with Gasteiger partial charge in [-0.2, -0.15) is 13.2 Å². The molecular formula is C16H15F3N4O4. The Labute approximate surface area is 151 Å². The van der Waals surface area contributed by atoms with Crippen LogP contribution in [0.3, 0.4) is 0 Å². The molecule has 0 radical (unpaired) electrons. The number of aliphatic carboxylic acids is 1. The van der Waals surface area contributed by atoms with Gasteiger partial charge in [-0.15, -0.1) is 5.10 Å². The van der Waals surface area contributed by atoms with Gasteiger partial charge in [0, 0.05) is 13.1 Å². The van der Waals surface area contributed by atoms with Gasteiger partial charge >= 0.3 is 12.1 Å². The summed E-state index contributed by atoms with van der Waals surface area (Å²) in [6.07, 6.45) is -4.12. The minimum Gasteiger partial charge on any atom is -0.481 e. The SMILES string of the molecule is O=C(O)CC1CN(C(=O)c2cn(-c3cccc(C(F)(F)F)c3)nn2)CCO1. The van der Waals surface area contributed by atoms with Crippen LogP contribution in [0, 0.1) is 0 Å². The van der Waals surface area contributed by atoms with Crippen LogP contribution < -0.4 is 0 Å². The van der Waals surface area contributed by atoms with E-state index in [0.29, 0.717) is 0 Å². The molecule has 3 rings (SSSR count). The first kappa shape index (κ1) is 18.8. The third-order valence-corrected chi connectivity index (χ3v) is 3.98. The number of morpholine rings is 1. The number of carbonyl (C=O) groups excluding carboxylic acids is 1. The number of hydrogen-bond acceptors (Lipinski definition) is 5. The maximum Gasteiger partial charge on any atom is 0.416 e. The molecule has 1 saturated heterocycles. The predicted molar refractivity (Wildman–Crippen MR) is 84.3 cm³/mol. The lowest BCUT2D eigenvalue weighted by molar-refractivity contribution is -0.141. The van der Waals surface area contributed by atoms with Crippen molar-refractivity contribution >= 4 is 11.9 Å². The van der Waals surface area contributed by atoms with E-state index in [1.54, 1.807) is 0 Å². The summed E-state index contributed by atoms with van der Waals surface area (Å²) in [6, 6.07) is 4.49. The lowest BCUT2D eigenvalue weighted by Gasteiger charge is -2.31. The average Bonchev–Trinajstić information content (AvgIpc) is 3.10. The molecule has 1 amide bonds. The van der Waals surface area contributed by atoms with Crippen LogP contribution in [0.5, 0.6) is 0 Å². The predicted octanol–water partition coefficient (Wildman–Crippen LogP) is 1.60. The number of carboxylic acids is 1. The molecular weight excluding hydrogens is 369 g/mol. The monoisotopic (exact) mass is 384 g/mol. The molecule has 0 saturated carbocycles. The fraction of sp³-hybridized carbons (Fsp3) is 0.375. The fourth-order valence-electron chi connectivity index (χ4n) is 2.70. The van der Waals surface area contributed by atoms with Crippen molar-refractivity contribution in [3.05, 3.63) is 41.7 Å². The Morgan fingerprint density at radius 1 is 1.33 bits per heavy atom. The molecule has 1 aromatic carbocycles. The first-order valence-electron chi connectivity index (χ1n) is 7.96. The number of halogens is 3. The minimum absolute atomic E-state index is 0.0524. The normalized spacial score (nSPS) is 17.7. The number of hydrogen-bond donors (Lipinski definition) is 1. The van der Waals surface area contributed by atoms with Gasteiger partial charge < -0.3 is 14.7 Å². The molecule has 0 aliphatic carbocycles. The molecule has 0 bridgehead atoms. The fourth-order valence-corrected chi connectivity index (χ4v) is 2.70. The van der Waals surface area contributed by atoms with Crippen molar-refractivity contribution in [2.45, 2.75) is 18.7 Å². The van der Waals surface area contributed by atoms with E-state index in [1.165, 1.54) is 23.2 Å². The van der Waals surface area contributed by atoms with E-state index in [0.717, 1.165) is 16.8 Å². The van der Waals surface area contributed by atoms with Gasteiger partial charge in [0.05, 0.1) is 36.6 Å². The third-order valence-electron chi connectivity index (χ3n) is 3.98. The maximum atomic E-state index is 12.8. The number of rotatable bonds is 4. The smallest absolute Gasteiger partial charge is 0.416 e. The van der Waals surface area contributed by atoms with Crippen LogP contribution >= 0.6 is 0 Å². The van der Waals surface area contributed by atoms with Gasteiger partial charge in [0.15, 0.2) is 5.69 Å². The standard InChI is InChI=1S/C16H15F3N4O4/c17-16(18,19)10-2-1-3-11(6-10)23-9-13(20-21-23)15(26)22-4-5-27-12(8-22)7-14(24)25/h1-3,6,9,12H,4-5,7-8H2,(H,24,25). The summed E-state index contributed by atoms with van der Waals surface area (Å²) in [5.41, 5.74) is -0.779. The van der Waals surface area contributed by atoms with Crippen molar-refractivity contribution in [3.8, 4) is 5.69 Å². The zero-order chi connectivity index (χ0) is 19.6. The van der Waals surface area contributed by atoms with Crippen molar-refractivity contribution in [1.82, 2.24) is 19.9 Å². The van der Waals surface area contributed by atoms with Crippen LogP contribution in [0.2, 0.25) is 0 Å². The summed E-state index contributed by atoms with van der Waals surface area (Å²) in [7, 11) is 0. The van der Waals surface area contributed by atoms with Crippen molar-refractivity contribution in [2.75, 3.05) is 19.7 Å². The highest BCUT2D eigenvalue weighted by Crippen LogP contribution is 2.30. The van der Waals surface area contributed by atoms with Gasteiger partial charge in [-0.1, -0.05) is 11.3 Å². The number of carboxylic acid groups (broad SMARTS) is 1. The van der Waals surface area contributed by atoms with E-state index in [9.17, 15) is 22.8 Å². The molecule has 27 heavy (non-hydrogen) atoms. The van der Waals surface area contributed by atoms with Crippen molar-refractivity contribution in [1.29, 1.82) is 0 Å². The number of ether oxygens (including phenoxy) is 1. The second kappa shape index (κ2) is 7.35. The number of carbonyl (C=O) groups is 2. The molecule has 144 valence electrons. The first-order chi connectivity index (χ1) is 12.7. The Morgan fingerprint density at radius 3 is 2.81 bits per heavy atom. The summed E-state index contributed by atoms with van der Waals surface area (Å²) >= 11 is 0. The molecule has 11 heteroatoms. The summed E-state index contributed by atoms with van der Waals surface area (Å²) in [4.78, 5) is 24.7. The van der Waals surface area contributed by atoms with Gasteiger partial charge in [0.2, 0.25) is 0 Å². The zero-order valence-electron chi connectivity index (χ0n) is 13.9. The van der Waals surface area contributed by atoms with Gasteiger partial charge in [-0.25, -0.2) is 4.68 Å². The molecule has 1 atom stereocenters. The molecule has 0 spiro atoms. The van der Waals surface area contributed by atoms with Crippen molar-refractivity contribution in [2.24, 2.45) is 0 Å². The van der Waals surface area contributed by atoms with Crippen LogP contribution in [0.1, 0.15) is 22.5 Å². The number of aromatic nitrogens is 3. The average molecular weight is 384 g/mol. The van der Waals surface area contributed by atoms with E-state index in [2.05, 4.69) is 10.3 Å². The minimum atomic E-state index is -4.50. The summed E-state index contributed by atoms with van der Waals surface area (Å²) < 4.78 is 44.9. The summed E-state index contributed by atoms with van der Waals surface area (Å²) in [5.74, 6) is -1.53. The molecule has 1 unspecified atom stereocenters. The number of benzene rings is 1. The molecule has 2 heterocycles. The Balaban J connectivity index is 1.75. The van der Waals surface area contributed by atoms with E-state index in [4.69, 9.17) is 9.84 Å². The van der Waals surface area contributed by atoms with Crippen LogP contribution in [0.25, 0.3) is 5.69 Å². The van der Waals surface area contributed by atoms with Crippen molar-refractivity contribution in [3.63, 3.8) is 0 Å². The van der Waals surface area contributed by atoms with Crippen LogP contribution in [-0.4, -0.2) is 62.7 Å². The van der Waals surface area contributed by atoms with E-state index >= 15 is 0 Å². The Morgan fingerprint density at radius 2 is 2.11 bits per heavy atom. The molecule has 1 aliphatic rings. The molecule has 1 fully saturated rings. The van der Waals surface area contributed by atoms with E-state index < -0.39 is 29.7 Å². The Kier molecular flexibility index (Phi) is 5.13. The summed E-state index contributed by atoms with van der Waals surface area (Å²) in [6.45, 7) is 0.526. The van der Waals surface area contributed by atoms with Crippen LogP contribution in [0.15, 0.2) is 30.5 Å². The van der Waals surface area contributed by atoms with Crippen LogP contribution in [-0.2, 0) is 15.7 Å². The van der Waals surface area contributed by atoms with Gasteiger partial charge in [0.25, 0.3) is 5.91 Å². The lowest BCUT2D eigenvalue weighted by atomic mass is 10.2. The van der Waals surface area contributed by atoms with Crippen molar-refractivity contribution < 1.29 is 32.6 Å². The quantitative estimate of drug-likeness (QED) is 0.860. The molecule has 1 aromatic heterocycles. The molecule has 2 aromatic rings. The zero-order valence-corrected chi connectivity index (χ0v) is 13.9. The first-order valence-corrected chi connectivity index (χ1v) is 7.96. The third kappa shape index (κ3) is 4.42. The summed E-state index contributed by atoms with van der Waals surface area (Å²) in [5, 5.41) is 16.3. The molecule has 1 aliphatic heterocycles. The van der Waals surface area contributed by atoms with Crippen LogP contribution in [0.4, 0.5) is 13.2 Å². The van der Waals surface area contributed by atoms with Gasteiger partial charge in [-0.3, -0.25) is 9.59 Å². The second-order valence-electron chi connectivity index (χ2n) is 5.94. The highest BCUT2D eigenvalue weighted by atomic mass is 19.4. The largest absolute Gasteiger partial charge is 0.481 e. The molecule has 1 N–H and O–H groups in total. The molecule has 8 nitrogen and oxygen atoms in total. The number of nitrogens with zero attached hydrogens (tertiary/aromatic N) is 4.